The Kier molecular flexibility index (Phi) is 6.29. The maximum absolute atomic E-state index is 12.0. The first kappa shape index (κ1) is 15.9. The van der Waals surface area contributed by atoms with Crippen LogP contribution in [0.3, 0.4) is 0 Å². The molecule has 0 aliphatic carbocycles. The van der Waals surface area contributed by atoms with Gasteiger partial charge in [0.25, 0.3) is 5.91 Å². The molecule has 2 aromatic rings. The lowest BCUT2D eigenvalue weighted by Gasteiger charge is -2.07. The molecule has 0 radical (unpaired) electrons. The van der Waals surface area contributed by atoms with Gasteiger partial charge in [-0.05, 0) is 24.1 Å². The molecule has 0 aliphatic rings. The van der Waals surface area contributed by atoms with Gasteiger partial charge in [-0.25, -0.2) is 9.97 Å². The van der Waals surface area contributed by atoms with Gasteiger partial charge in [0.05, 0.1) is 0 Å². The molecule has 6 heteroatoms. The summed E-state index contributed by atoms with van der Waals surface area (Å²) in [6.45, 7) is 3.37. The SMILES string of the molecule is CCCCCNC(=O)c1ccnc(NCc2cccnc2)n1. The third kappa shape index (κ3) is 5.12. The Labute approximate surface area is 130 Å². The van der Waals surface area contributed by atoms with E-state index in [4.69, 9.17) is 0 Å². The summed E-state index contributed by atoms with van der Waals surface area (Å²) in [7, 11) is 0. The van der Waals surface area contributed by atoms with Crippen molar-refractivity contribution >= 4 is 11.9 Å². The first-order chi connectivity index (χ1) is 10.8. The zero-order valence-electron chi connectivity index (χ0n) is 12.7. The smallest absolute Gasteiger partial charge is 0.270 e. The fourth-order valence-corrected chi connectivity index (χ4v) is 1.92. The first-order valence-electron chi connectivity index (χ1n) is 7.53. The summed E-state index contributed by atoms with van der Waals surface area (Å²) in [5.41, 5.74) is 1.40. The second-order valence-corrected chi connectivity index (χ2v) is 4.94. The van der Waals surface area contributed by atoms with Crippen molar-refractivity contribution in [1.29, 1.82) is 0 Å². The van der Waals surface area contributed by atoms with Gasteiger partial charge in [0.2, 0.25) is 5.95 Å². The van der Waals surface area contributed by atoms with Crippen LogP contribution in [0.2, 0.25) is 0 Å². The number of hydrogen-bond acceptors (Lipinski definition) is 5. The number of amides is 1. The Morgan fingerprint density at radius 2 is 2.14 bits per heavy atom. The van der Waals surface area contributed by atoms with Gasteiger partial charge in [-0.3, -0.25) is 9.78 Å². The molecule has 0 aliphatic heterocycles. The van der Waals surface area contributed by atoms with Crippen LogP contribution < -0.4 is 10.6 Å². The van der Waals surface area contributed by atoms with Crippen LogP contribution >= 0.6 is 0 Å². The maximum Gasteiger partial charge on any atom is 0.270 e. The number of unbranched alkanes of at least 4 members (excludes halogenated alkanes) is 2. The van der Waals surface area contributed by atoms with Crippen molar-refractivity contribution < 1.29 is 4.79 Å². The van der Waals surface area contributed by atoms with Gasteiger partial charge in [-0.1, -0.05) is 25.8 Å². The van der Waals surface area contributed by atoms with E-state index < -0.39 is 0 Å². The number of aromatic nitrogens is 3. The molecule has 1 amide bonds. The Morgan fingerprint density at radius 3 is 2.91 bits per heavy atom. The lowest BCUT2D eigenvalue weighted by atomic mass is 10.2. The van der Waals surface area contributed by atoms with Crippen molar-refractivity contribution in [3.63, 3.8) is 0 Å². The molecule has 2 heterocycles. The van der Waals surface area contributed by atoms with Crippen molar-refractivity contribution in [2.75, 3.05) is 11.9 Å². The molecule has 0 fully saturated rings. The molecule has 0 saturated carbocycles. The Balaban J connectivity index is 1.87. The standard InChI is InChI=1S/C16H21N5O/c1-2-3-4-9-18-15(22)14-7-10-19-16(21-14)20-12-13-6-5-8-17-11-13/h5-8,10-11H,2-4,9,12H2,1H3,(H,18,22)(H,19,20,21). The molecule has 116 valence electrons. The van der Waals surface area contributed by atoms with E-state index in [1.165, 1.54) is 0 Å². The van der Waals surface area contributed by atoms with Gasteiger partial charge in [-0.2, -0.15) is 0 Å². The summed E-state index contributed by atoms with van der Waals surface area (Å²) in [6, 6.07) is 5.45. The van der Waals surface area contributed by atoms with Crippen LogP contribution in [0.4, 0.5) is 5.95 Å². The van der Waals surface area contributed by atoms with E-state index in [1.54, 1.807) is 24.7 Å². The van der Waals surface area contributed by atoms with Crippen molar-refractivity contribution in [1.82, 2.24) is 20.3 Å². The number of carbonyl (C=O) groups excluding carboxylic acids is 1. The van der Waals surface area contributed by atoms with E-state index in [1.807, 2.05) is 12.1 Å². The van der Waals surface area contributed by atoms with Crippen LogP contribution in [0, 0.1) is 0 Å². The molecule has 6 nitrogen and oxygen atoms in total. The van der Waals surface area contributed by atoms with E-state index in [0.717, 1.165) is 24.8 Å². The van der Waals surface area contributed by atoms with Gasteiger partial charge in [-0.15, -0.1) is 0 Å². The van der Waals surface area contributed by atoms with Crippen molar-refractivity contribution in [3.05, 3.63) is 48.0 Å². The lowest BCUT2D eigenvalue weighted by Crippen LogP contribution is -2.25. The minimum atomic E-state index is -0.164. The predicted molar refractivity (Wildman–Crippen MR) is 85.5 cm³/mol. The van der Waals surface area contributed by atoms with Gasteiger partial charge < -0.3 is 10.6 Å². The highest BCUT2D eigenvalue weighted by molar-refractivity contribution is 5.92. The summed E-state index contributed by atoms with van der Waals surface area (Å²) in [5.74, 6) is 0.271. The number of rotatable bonds is 8. The third-order valence-corrected chi connectivity index (χ3v) is 3.13. The van der Waals surface area contributed by atoms with Gasteiger partial charge >= 0.3 is 0 Å². The van der Waals surface area contributed by atoms with E-state index >= 15 is 0 Å². The zero-order chi connectivity index (χ0) is 15.6. The van der Waals surface area contributed by atoms with E-state index in [0.29, 0.717) is 24.7 Å². The molecule has 0 aromatic carbocycles. The molecular weight excluding hydrogens is 278 g/mol. The Hall–Kier alpha value is -2.50. The van der Waals surface area contributed by atoms with Crippen molar-refractivity contribution in [2.24, 2.45) is 0 Å². The molecule has 0 spiro atoms. The number of pyridine rings is 1. The highest BCUT2D eigenvalue weighted by Gasteiger charge is 2.08. The average molecular weight is 299 g/mol. The van der Waals surface area contributed by atoms with E-state index in [-0.39, 0.29) is 5.91 Å². The molecule has 0 bridgehead atoms. The first-order valence-corrected chi connectivity index (χ1v) is 7.53. The number of anilines is 1. The largest absolute Gasteiger partial charge is 0.351 e. The Morgan fingerprint density at radius 1 is 1.23 bits per heavy atom. The van der Waals surface area contributed by atoms with Gasteiger partial charge in [0.1, 0.15) is 5.69 Å². The van der Waals surface area contributed by atoms with Gasteiger partial charge in [0.15, 0.2) is 0 Å². The second-order valence-electron chi connectivity index (χ2n) is 4.94. The molecule has 2 aromatic heterocycles. The minimum absolute atomic E-state index is 0.164. The Bertz CT molecular complexity index is 588. The summed E-state index contributed by atoms with van der Waals surface area (Å²) >= 11 is 0. The fourth-order valence-electron chi connectivity index (χ4n) is 1.92. The van der Waals surface area contributed by atoms with E-state index in [9.17, 15) is 4.79 Å². The summed E-state index contributed by atoms with van der Waals surface area (Å²) < 4.78 is 0. The molecule has 22 heavy (non-hydrogen) atoms. The molecule has 2 rings (SSSR count). The van der Waals surface area contributed by atoms with Gasteiger partial charge in [0, 0.05) is 31.7 Å². The minimum Gasteiger partial charge on any atom is -0.351 e. The number of nitrogens with zero attached hydrogens (tertiary/aromatic N) is 3. The highest BCUT2D eigenvalue weighted by atomic mass is 16.1. The fraction of sp³-hybridized carbons (Fsp3) is 0.375. The summed E-state index contributed by atoms with van der Waals surface area (Å²) in [5, 5.41) is 5.96. The van der Waals surface area contributed by atoms with Crippen LogP contribution in [0.1, 0.15) is 42.2 Å². The molecular formula is C16H21N5O. The number of carbonyl (C=O) groups is 1. The molecule has 0 atom stereocenters. The number of nitrogens with one attached hydrogen (secondary N) is 2. The van der Waals surface area contributed by atoms with Crippen LogP contribution in [-0.2, 0) is 6.54 Å². The van der Waals surface area contributed by atoms with Crippen LogP contribution in [0.25, 0.3) is 0 Å². The predicted octanol–water partition coefficient (Wildman–Crippen LogP) is 2.40. The average Bonchev–Trinajstić information content (AvgIpc) is 2.58. The lowest BCUT2D eigenvalue weighted by molar-refractivity contribution is 0.0948. The molecule has 0 saturated heterocycles. The maximum atomic E-state index is 12.0. The third-order valence-electron chi connectivity index (χ3n) is 3.13. The monoisotopic (exact) mass is 299 g/mol. The van der Waals surface area contributed by atoms with Crippen molar-refractivity contribution in [3.8, 4) is 0 Å². The van der Waals surface area contributed by atoms with Crippen molar-refractivity contribution in [2.45, 2.75) is 32.7 Å². The zero-order valence-corrected chi connectivity index (χ0v) is 12.7. The topological polar surface area (TPSA) is 79.8 Å². The number of hydrogen-bond donors (Lipinski definition) is 2. The molecule has 0 unspecified atom stereocenters. The summed E-state index contributed by atoms with van der Waals surface area (Å²) in [6.07, 6.45) is 8.31. The quantitative estimate of drug-likeness (QED) is 0.732. The van der Waals surface area contributed by atoms with E-state index in [2.05, 4.69) is 32.5 Å². The van der Waals surface area contributed by atoms with Crippen LogP contribution in [0.15, 0.2) is 36.8 Å². The molecule has 2 N–H and O–H groups in total. The van der Waals surface area contributed by atoms with Crippen LogP contribution in [-0.4, -0.2) is 27.4 Å². The van der Waals surface area contributed by atoms with Crippen LogP contribution in [0.5, 0.6) is 0 Å². The highest BCUT2D eigenvalue weighted by Crippen LogP contribution is 2.04. The second kappa shape index (κ2) is 8.71. The normalized spacial score (nSPS) is 10.2. The summed E-state index contributed by atoms with van der Waals surface area (Å²) in [4.78, 5) is 24.4.